The molecule has 0 radical (unpaired) electrons. The van der Waals surface area contributed by atoms with Crippen molar-refractivity contribution in [2.24, 2.45) is 5.92 Å². The molecule has 0 atom stereocenters. The molecule has 2 aromatic heterocycles. The summed E-state index contributed by atoms with van der Waals surface area (Å²) in [4.78, 5) is 14.1. The molecule has 0 spiro atoms. The Morgan fingerprint density at radius 1 is 1.00 bits per heavy atom. The molecule has 0 bridgehead atoms. The molecule has 2 saturated carbocycles. The molecule has 2 fully saturated rings. The van der Waals surface area contributed by atoms with E-state index in [1.165, 1.54) is 31.7 Å². The number of aromatic nitrogens is 4. The molecule has 2 aliphatic carbocycles. The lowest BCUT2D eigenvalue weighted by atomic mass is 9.87. The van der Waals surface area contributed by atoms with E-state index in [2.05, 4.69) is 27.1 Å². The molecule has 0 amide bonds. The van der Waals surface area contributed by atoms with E-state index in [9.17, 15) is 4.39 Å². The van der Waals surface area contributed by atoms with E-state index in [0.717, 1.165) is 42.8 Å². The van der Waals surface area contributed by atoms with Crippen molar-refractivity contribution >= 4 is 28.7 Å². The molecule has 0 aliphatic heterocycles. The maximum absolute atomic E-state index is 14.3. The van der Waals surface area contributed by atoms with E-state index >= 15 is 0 Å². The predicted octanol–water partition coefficient (Wildman–Crippen LogP) is 5.81. The van der Waals surface area contributed by atoms with Crippen molar-refractivity contribution in [3.63, 3.8) is 0 Å². The second-order valence-corrected chi connectivity index (χ2v) is 8.85. The standard InChI is InChI=1S/C23H29FN6/c1-15-10-12-16(13-11-15)26-22-25-14-20-21(29-22)30(17-6-2-3-7-17)23(28-20)27-19-9-5-4-8-18(19)24/h4-5,8-9,14-17H,2-3,6-7,10-13H2,1H3,(H,27,28)(H,25,26,29). The van der Waals surface area contributed by atoms with Crippen molar-refractivity contribution in [3.8, 4) is 0 Å². The largest absolute Gasteiger partial charge is 0.351 e. The van der Waals surface area contributed by atoms with E-state index < -0.39 is 0 Å². The van der Waals surface area contributed by atoms with Gasteiger partial charge in [-0.3, -0.25) is 4.57 Å². The van der Waals surface area contributed by atoms with Crippen LogP contribution in [-0.4, -0.2) is 25.6 Å². The summed E-state index contributed by atoms with van der Waals surface area (Å²) < 4.78 is 16.4. The smallest absolute Gasteiger partial charge is 0.224 e. The van der Waals surface area contributed by atoms with Crippen LogP contribution >= 0.6 is 0 Å². The summed E-state index contributed by atoms with van der Waals surface area (Å²) in [6.45, 7) is 2.32. The molecule has 5 rings (SSSR count). The van der Waals surface area contributed by atoms with Gasteiger partial charge in [-0.2, -0.15) is 4.98 Å². The van der Waals surface area contributed by atoms with Crippen LogP contribution in [0.2, 0.25) is 0 Å². The number of nitrogens with zero attached hydrogens (tertiary/aromatic N) is 4. The highest BCUT2D eigenvalue weighted by atomic mass is 19.1. The Morgan fingerprint density at radius 2 is 1.77 bits per heavy atom. The van der Waals surface area contributed by atoms with Gasteiger partial charge in [-0.1, -0.05) is 31.9 Å². The lowest BCUT2D eigenvalue weighted by Gasteiger charge is -2.26. The van der Waals surface area contributed by atoms with Gasteiger partial charge in [0.1, 0.15) is 11.3 Å². The van der Waals surface area contributed by atoms with Crippen molar-refractivity contribution in [2.45, 2.75) is 70.4 Å². The lowest BCUT2D eigenvalue weighted by Crippen LogP contribution is -2.26. The van der Waals surface area contributed by atoms with Crippen LogP contribution in [0.25, 0.3) is 11.2 Å². The Labute approximate surface area is 176 Å². The molecular formula is C23H29FN6. The number of benzene rings is 1. The first kappa shape index (κ1) is 19.3. The zero-order chi connectivity index (χ0) is 20.5. The van der Waals surface area contributed by atoms with Crippen LogP contribution in [-0.2, 0) is 0 Å². The molecule has 30 heavy (non-hydrogen) atoms. The van der Waals surface area contributed by atoms with Gasteiger partial charge >= 0.3 is 0 Å². The van der Waals surface area contributed by atoms with Gasteiger partial charge in [-0.15, -0.1) is 0 Å². The Balaban J connectivity index is 1.49. The minimum Gasteiger partial charge on any atom is -0.351 e. The topological polar surface area (TPSA) is 67.7 Å². The van der Waals surface area contributed by atoms with E-state index in [4.69, 9.17) is 9.97 Å². The maximum Gasteiger partial charge on any atom is 0.224 e. The Hall–Kier alpha value is -2.70. The fourth-order valence-corrected chi connectivity index (χ4v) is 4.83. The van der Waals surface area contributed by atoms with Gasteiger partial charge in [0.15, 0.2) is 5.65 Å². The molecule has 2 N–H and O–H groups in total. The molecule has 158 valence electrons. The third kappa shape index (κ3) is 3.85. The van der Waals surface area contributed by atoms with Gasteiger partial charge < -0.3 is 10.6 Å². The fraction of sp³-hybridized carbons (Fsp3) is 0.522. The van der Waals surface area contributed by atoms with E-state index in [1.54, 1.807) is 18.3 Å². The first-order chi connectivity index (χ1) is 14.7. The minimum atomic E-state index is -0.289. The number of hydrogen-bond acceptors (Lipinski definition) is 5. The minimum absolute atomic E-state index is 0.289. The Morgan fingerprint density at radius 3 is 2.53 bits per heavy atom. The summed E-state index contributed by atoms with van der Waals surface area (Å²) in [7, 11) is 0. The molecule has 0 unspecified atom stereocenters. The number of nitrogens with one attached hydrogen (secondary N) is 2. The number of halogens is 1. The molecule has 1 aromatic carbocycles. The number of fused-ring (bicyclic) bond motifs is 1. The van der Waals surface area contributed by atoms with Gasteiger partial charge in [-0.05, 0) is 56.6 Å². The zero-order valence-electron chi connectivity index (χ0n) is 17.4. The molecule has 7 heteroatoms. The Bertz CT molecular complexity index is 1020. The van der Waals surface area contributed by atoms with Gasteiger partial charge in [0.2, 0.25) is 11.9 Å². The van der Waals surface area contributed by atoms with Crippen LogP contribution in [0, 0.1) is 11.7 Å². The second kappa shape index (κ2) is 8.20. The van der Waals surface area contributed by atoms with Crippen molar-refractivity contribution in [1.29, 1.82) is 0 Å². The van der Waals surface area contributed by atoms with Gasteiger partial charge in [-0.25, -0.2) is 14.4 Å². The number of anilines is 3. The predicted molar refractivity (Wildman–Crippen MR) is 118 cm³/mol. The first-order valence-electron chi connectivity index (χ1n) is 11.2. The van der Waals surface area contributed by atoms with Crippen LogP contribution in [0.15, 0.2) is 30.5 Å². The molecule has 2 aliphatic rings. The summed E-state index contributed by atoms with van der Waals surface area (Å²) in [6, 6.07) is 7.45. The van der Waals surface area contributed by atoms with Gasteiger partial charge in [0.25, 0.3) is 0 Å². The van der Waals surface area contributed by atoms with E-state index in [-0.39, 0.29) is 5.82 Å². The van der Waals surface area contributed by atoms with Crippen molar-refractivity contribution in [3.05, 3.63) is 36.3 Å². The van der Waals surface area contributed by atoms with E-state index in [1.807, 2.05) is 6.07 Å². The molecule has 2 heterocycles. The van der Waals surface area contributed by atoms with Crippen LogP contribution in [0.5, 0.6) is 0 Å². The summed E-state index contributed by atoms with van der Waals surface area (Å²) in [5.41, 5.74) is 1.99. The zero-order valence-corrected chi connectivity index (χ0v) is 17.4. The SMILES string of the molecule is CC1CCC(Nc2ncc3nc(Nc4ccccc4F)n(C4CCCC4)c3n2)CC1. The molecular weight excluding hydrogens is 379 g/mol. The van der Waals surface area contributed by atoms with Gasteiger partial charge in [0.05, 0.1) is 11.9 Å². The monoisotopic (exact) mass is 408 g/mol. The Kier molecular flexibility index (Phi) is 5.27. The maximum atomic E-state index is 14.3. The summed E-state index contributed by atoms with van der Waals surface area (Å²) in [5.74, 6) is 1.82. The summed E-state index contributed by atoms with van der Waals surface area (Å²) >= 11 is 0. The second-order valence-electron chi connectivity index (χ2n) is 8.85. The molecule has 3 aromatic rings. The van der Waals surface area contributed by atoms with Crippen molar-refractivity contribution < 1.29 is 4.39 Å². The average Bonchev–Trinajstić information content (AvgIpc) is 3.38. The molecule has 0 saturated heterocycles. The highest BCUT2D eigenvalue weighted by Crippen LogP contribution is 2.36. The van der Waals surface area contributed by atoms with Crippen molar-refractivity contribution in [1.82, 2.24) is 19.5 Å². The summed E-state index contributed by atoms with van der Waals surface area (Å²) in [6.07, 6.45) is 11.2. The fourth-order valence-electron chi connectivity index (χ4n) is 4.83. The third-order valence-corrected chi connectivity index (χ3v) is 6.59. The average molecular weight is 409 g/mol. The number of imidazole rings is 1. The number of hydrogen-bond donors (Lipinski definition) is 2. The number of para-hydroxylation sites is 1. The highest BCUT2D eigenvalue weighted by molar-refractivity contribution is 5.76. The van der Waals surface area contributed by atoms with E-state index in [0.29, 0.717) is 29.7 Å². The third-order valence-electron chi connectivity index (χ3n) is 6.59. The quantitative estimate of drug-likeness (QED) is 0.557. The lowest BCUT2D eigenvalue weighted by molar-refractivity contribution is 0.360. The summed E-state index contributed by atoms with van der Waals surface area (Å²) in [5, 5.41) is 6.74. The highest BCUT2D eigenvalue weighted by Gasteiger charge is 2.25. The van der Waals surface area contributed by atoms with Crippen LogP contribution in [0.1, 0.15) is 64.3 Å². The molecule has 6 nitrogen and oxygen atoms in total. The van der Waals surface area contributed by atoms with Crippen molar-refractivity contribution in [2.75, 3.05) is 10.6 Å². The van der Waals surface area contributed by atoms with Crippen LogP contribution in [0.3, 0.4) is 0 Å². The first-order valence-corrected chi connectivity index (χ1v) is 11.2. The van der Waals surface area contributed by atoms with Crippen LogP contribution in [0.4, 0.5) is 22.0 Å². The van der Waals surface area contributed by atoms with Gasteiger partial charge in [0, 0.05) is 12.1 Å². The van der Waals surface area contributed by atoms with Crippen LogP contribution < -0.4 is 10.6 Å². The number of rotatable bonds is 5. The normalized spacial score (nSPS) is 22.5.